The van der Waals surface area contributed by atoms with Gasteiger partial charge in [0.2, 0.25) is 5.75 Å². The first kappa shape index (κ1) is 11.1. The average Bonchev–Trinajstić information content (AvgIpc) is 2.35. The monoisotopic (exact) mass is 235 g/mol. The number of rotatable bonds is 3. The van der Waals surface area contributed by atoms with Gasteiger partial charge in [-0.15, -0.1) is 0 Å². The summed E-state index contributed by atoms with van der Waals surface area (Å²) in [5.74, 6) is 0.303. The number of nitrogens with zero attached hydrogens (tertiary/aromatic N) is 3. The molecule has 2 aromatic rings. The zero-order valence-electron chi connectivity index (χ0n) is 9.21. The van der Waals surface area contributed by atoms with E-state index in [1.54, 1.807) is 6.07 Å². The fourth-order valence-corrected chi connectivity index (χ4v) is 1.57. The number of hydrogen-bond acceptors (Lipinski definition) is 6. The molecule has 0 saturated carbocycles. The molecule has 0 aliphatic carbocycles. The van der Waals surface area contributed by atoms with Crippen LogP contribution < -0.4 is 9.47 Å². The lowest BCUT2D eigenvalue weighted by Crippen LogP contribution is -1.99. The Balaban J connectivity index is 2.90. The molecule has 0 aliphatic heterocycles. The second-order valence-corrected chi connectivity index (χ2v) is 3.14. The maximum Gasteiger partial charge on any atom is 0.342 e. The smallest absolute Gasteiger partial charge is 0.342 e. The summed E-state index contributed by atoms with van der Waals surface area (Å²) in [6.07, 6.45) is 2.85. The van der Waals surface area contributed by atoms with Gasteiger partial charge in [-0.05, 0) is 0 Å². The Hall–Kier alpha value is -2.44. The molecule has 0 saturated heterocycles. The lowest BCUT2D eigenvalue weighted by Gasteiger charge is -2.08. The van der Waals surface area contributed by atoms with Gasteiger partial charge in [0.15, 0.2) is 11.3 Å². The van der Waals surface area contributed by atoms with E-state index in [9.17, 15) is 10.1 Å². The van der Waals surface area contributed by atoms with Gasteiger partial charge >= 0.3 is 5.69 Å². The Morgan fingerprint density at radius 2 is 1.94 bits per heavy atom. The Morgan fingerprint density at radius 1 is 1.24 bits per heavy atom. The minimum atomic E-state index is -0.557. The summed E-state index contributed by atoms with van der Waals surface area (Å²) in [5.41, 5.74) is 0.321. The summed E-state index contributed by atoms with van der Waals surface area (Å²) in [4.78, 5) is 18.5. The van der Waals surface area contributed by atoms with Crippen LogP contribution in [-0.4, -0.2) is 29.1 Å². The van der Waals surface area contributed by atoms with Crippen LogP contribution in [0.3, 0.4) is 0 Å². The summed E-state index contributed by atoms with van der Waals surface area (Å²) < 4.78 is 10.0. The minimum absolute atomic E-state index is 0.0468. The van der Waals surface area contributed by atoms with E-state index >= 15 is 0 Å². The maximum atomic E-state index is 11.1. The fourth-order valence-electron chi connectivity index (χ4n) is 1.57. The van der Waals surface area contributed by atoms with Crippen LogP contribution in [-0.2, 0) is 0 Å². The number of nitro groups is 1. The van der Waals surface area contributed by atoms with Crippen LogP contribution in [0, 0.1) is 10.1 Å². The molecule has 0 radical (unpaired) electrons. The topological polar surface area (TPSA) is 87.4 Å². The van der Waals surface area contributed by atoms with E-state index in [-0.39, 0.29) is 22.7 Å². The van der Waals surface area contributed by atoms with E-state index < -0.39 is 4.92 Å². The van der Waals surface area contributed by atoms with Crippen molar-refractivity contribution in [1.29, 1.82) is 0 Å². The van der Waals surface area contributed by atoms with Gasteiger partial charge in [0.1, 0.15) is 0 Å². The highest BCUT2D eigenvalue weighted by Crippen LogP contribution is 2.41. The van der Waals surface area contributed by atoms with Gasteiger partial charge in [-0.2, -0.15) is 0 Å². The Labute approximate surface area is 96.2 Å². The molecule has 17 heavy (non-hydrogen) atoms. The van der Waals surface area contributed by atoms with Crippen LogP contribution >= 0.6 is 0 Å². The highest BCUT2D eigenvalue weighted by molar-refractivity contribution is 5.89. The predicted molar refractivity (Wildman–Crippen MR) is 59.3 cm³/mol. The van der Waals surface area contributed by atoms with Gasteiger partial charge in [0.25, 0.3) is 0 Å². The standard InChI is InChI=1S/C10H9N3O4/c1-16-7-5-6-8(12-4-3-11-6)9(13(14)15)10(7)17-2/h3-5H,1-2H3. The zero-order chi connectivity index (χ0) is 12.4. The van der Waals surface area contributed by atoms with Crippen molar-refractivity contribution in [2.24, 2.45) is 0 Å². The third-order valence-corrected chi connectivity index (χ3v) is 2.26. The van der Waals surface area contributed by atoms with E-state index in [0.717, 1.165) is 0 Å². The first-order chi connectivity index (χ1) is 8.19. The average molecular weight is 235 g/mol. The highest BCUT2D eigenvalue weighted by atomic mass is 16.6. The van der Waals surface area contributed by atoms with Crippen molar-refractivity contribution in [2.45, 2.75) is 0 Å². The number of nitro benzene ring substituents is 1. The summed E-state index contributed by atoms with van der Waals surface area (Å²) in [6.45, 7) is 0. The maximum absolute atomic E-state index is 11.1. The van der Waals surface area contributed by atoms with Crippen molar-refractivity contribution in [1.82, 2.24) is 9.97 Å². The molecule has 0 N–H and O–H groups in total. The van der Waals surface area contributed by atoms with E-state index in [2.05, 4.69) is 9.97 Å². The molecule has 0 spiro atoms. The van der Waals surface area contributed by atoms with Crippen molar-refractivity contribution >= 4 is 16.7 Å². The molecule has 1 heterocycles. The summed E-state index contributed by atoms with van der Waals surface area (Å²) in [7, 11) is 2.75. The number of aromatic nitrogens is 2. The molecular formula is C10H9N3O4. The van der Waals surface area contributed by atoms with E-state index in [0.29, 0.717) is 5.52 Å². The van der Waals surface area contributed by atoms with Gasteiger partial charge < -0.3 is 9.47 Å². The quantitative estimate of drug-likeness (QED) is 0.592. The fraction of sp³-hybridized carbons (Fsp3) is 0.200. The summed E-state index contributed by atoms with van der Waals surface area (Å²) in [6, 6.07) is 1.55. The lowest BCUT2D eigenvalue weighted by atomic mass is 10.2. The lowest BCUT2D eigenvalue weighted by molar-refractivity contribution is -0.384. The van der Waals surface area contributed by atoms with Gasteiger partial charge in [-0.3, -0.25) is 15.1 Å². The number of benzene rings is 1. The van der Waals surface area contributed by atoms with Crippen molar-refractivity contribution < 1.29 is 14.4 Å². The van der Waals surface area contributed by atoms with Crippen LogP contribution in [0.2, 0.25) is 0 Å². The van der Waals surface area contributed by atoms with Crippen LogP contribution in [0.15, 0.2) is 18.5 Å². The molecule has 0 fully saturated rings. The first-order valence-corrected chi connectivity index (χ1v) is 4.69. The Morgan fingerprint density at radius 3 is 2.53 bits per heavy atom. The first-order valence-electron chi connectivity index (χ1n) is 4.69. The number of fused-ring (bicyclic) bond motifs is 1. The molecule has 0 aliphatic rings. The van der Waals surface area contributed by atoms with E-state index in [1.807, 2.05) is 0 Å². The van der Waals surface area contributed by atoms with Crippen molar-refractivity contribution in [3.8, 4) is 11.5 Å². The Bertz CT molecular complexity index is 585. The minimum Gasteiger partial charge on any atom is -0.493 e. The molecule has 2 rings (SSSR count). The second kappa shape index (κ2) is 4.20. The van der Waals surface area contributed by atoms with Crippen molar-refractivity contribution in [2.75, 3.05) is 14.2 Å². The van der Waals surface area contributed by atoms with E-state index in [4.69, 9.17) is 9.47 Å². The highest BCUT2D eigenvalue weighted by Gasteiger charge is 2.25. The normalized spacial score (nSPS) is 10.2. The second-order valence-electron chi connectivity index (χ2n) is 3.14. The van der Waals surface area contributed by atoms with Gasteiger partial charge in [-0.1, -0.05) is 0 Å². The number of ether oxygens (including phenoxy) is 2. The molecule has 0 bridgehead atoms. The third kappa shape index (κ3) is 1.71. The Kier molecular flexibility index (Phi) is 2.73. The van der Waals surface area contributed by atoms with Crippen molar-refractivity contribution in [3.63, 3.8) is 0 Å². The van der Waals surface area contributed by atoms with Crippen LogP contribution in [0.5, 0.6) is 11.5 Å². The molecule has 0 amide bonds. The molecule has 0 atom stereocenters. The SMILES string of the molecule is COc1cc2nccnc2c([N+](=O)[O-])c1OC. The van der Waals surface area contributed by atoms with Crippen molar-refractivity contribution in [3.05, 3.63) is 28.6 Å². The predicted octanol–water partition coefficient (Wildman–Crippen LogP) is 1.56. The van der Waals surface area contributed by atoms with Gasteiger partial charge in [0, 0.05) is 18.5 Å². The molecule has 1 aromatic carbocycles. The molecular weight excluding hydrogens is 226 g/mol. The van der Waals surface area contributed by atoms with Crippen LogP contribution in [0.4, 0.5) is 5.69 Å². The van der Waals surface area contributed by atoms with E-state index in [1.165, 1.54) is 26.6 Å². The summed E-state index contributed by atoms with van der Waals surface area (Å²) >= 11 is 0. The third-order valence-electron chi connectivity index (χ3n) is 2.26. The molecule has 7 heteroatoms. The molecule has 1 aromatic heterocycles. The largest absolute Gasteiger partial charge is 0.493 e. The molecule has 0 unspecified atom stereocenters. The molecule has 7 nitrogen and oxygen atoms in total. The van der Waals surface area contributed by atoms with Crippen LogP contribution in [0.25, 0.3) is 11.0 Å². The van der Waals surface area contributed by atoms with Crippen LogP contribution in [0.1, 0.15) is 0 Å². The number of methoxy groups -OCH3 is 2. The van der Waals surface area contributed by atoms with Gasteiger partial charge in [0.05, 0.1) is 24.7 Å². The number of hydrogen-bond donors (Lipinski definition) is 0. The van der Waals surface area contributed by atoms with Gasteiger partial charge in [-0.25, -0.2) is 4.98 Å². The zero-order valence-corrected chi connectivity index (χ0v) is 9.21. The molecule has 88 valence electrons. The summed E-state index contributed by atoms with van der Waals surface area (Å²) in [5, 5.41) is 11.1.